The fraction of sp³-hybridized carbons (Fsp3) is 1.00. The van der Waals surface area contributed by atoms with E-state index in [1.165, 1.54) is 0 Å². The maximum atomic E-state index is 11.6. The van der Waals surface area contributed by atoms with Crippen LogP contribution < -0.4 is 4.72 Å². The number of hydrogen-bond donors (Lipinski definition) is 1. The summed E-state index contributed by atoms with van der Waals surface area (Å²) in [6, 6.07) is 0. The molecule has 8 heteroatoms. The Kier molecular flexibility index (Phi) is 5.77. The molecule has 3 nitrogen and oxygen atoms in total. The van der Waals surface area contributed by atoms with E-state index in [9.17, 15) is 21.6 Å². The van der Waals surface area contributed by atoms with Gasteiger partial charge in [-0.05, 0) is 6.42 Å². The molecule has 0 aliphatic rings. The quantitative estimate of drug-likeness (QED) is 0.576. The Labute approximate surface area is 85.7 Å². The van der Waals surface area contributed by atoms with E-state index in [2.05, 4.69) is 0 Å². The normalized spacial score (nSPS) is 13.1. The van der Waals surface area contributed by atoms with Gasteiger partial charge in [-0.2, -0.15) is 13.2 Å². The molecule has 0 aliphatic carbocycles. The van der Waals surface area contributed by atoms with Crippen LogP contribution in [0.3, 0.4) is 0 Å². The Morgan fingerprint density at radius 1 is 1.29 bits per heavy atom. The molecule has 0 saturated carbocycles. The van der Waals surface area contributed by atoms with Crippen molar-refractivity contribution in [3.05, 3.63) is 0 Å². The van der Waals surface area contributed by atoms with Crippen molar-refractivity contribution in [2.24, 2.45) is 0 Å². The lowest BCUT2D eigenvalue weighted by Crippen LogP contribution is -2.28. The second-order valence-corrected chi connectivity index (χ2v) is 4.93. The van der Waals surface area contributed by atoms with Gasteiger partial charge in [-0.3, -0.25) is 0 Å². The van der Waals surface area contributed by atoms with Crippen molar-refractivity contribution in [2.75, 3.05) is 18.2 Å². The van der Waals surface area contributed by atoms with Gasteiger partial charge in [-0.15, -0.1) is 11.6 Å². The maximum Gasteiger partial charge on any atom is 0.389 e. The minimum atomic E-state index is -4.24. The first-order valence-corrected chi connectivity index (χ1v) is 6.05. The van der Waals surface area contributed by atoms with Crippen LogP contribution in [-0.2, 0) is 10.0 Å². The molecule has 0 fully saturated rings. The molecule has 0 rings (SSSR count). The third kappa shape index (κ3) is 8.58. The number of hydrogen-bond acceptors (Lipinski definition) is 2. The van der Waals surface area contributed by atoms with Crippen LogP contribution >= 0.6 is 11.6 Å². The van der Waals surface area contributed by atoms with Gasteiger partial charge in [-0.25, -0.2) is 13.1 Å². The molecule has 14 heavy (non-hydrogen) atoms. The van der Waals surface area contributed by atoms with Crippen molar-refractivity contribution in [1.82, 2.24) is 4.72 Å². The predicted octanol–water partition coefficient (Wildman–Crippen LogP) is 1.49. The average molecular weight is 254 g/mol. The lowest BCUT2D eigenvalue weighted by molar-refractivity contribution is -0.135. The number of halogens is 4. The van der Waals surface area contributed by atoms with Crippen LogP contribution in [0.25, 0.3) is 0 Å². The standard InChI is InChI=1S/C6H11ClF3NO2S/c7-3-5-14(12,13)11-4-1-2-6(8,9)10/h11H,1-5H2. The second-order valence-electron chi connectivity index (χ2n) is 2.62. The molecule has 0 aliphatic heterocycles. The van der Waals surface area contributed by atoms with E-state index >= 15 is 0 Å². The lowest BCUT2D eigenvalue weighted by Gasteiger charge is -2.07. The highest BCUT2D eigenvalue weighted by atomic mass is 35.5. The summed E-state index contributed by atoms with van der Waals surface area (Å²) in [5.41, 5.74) is 0. The van der Waals surface area contributed by atoms with Crippen molar-refractivity contribution < 1.29 is 21.6 Å². The van der Waals surface area contributed by atoms with Crippen molar-refractivity contribution in [1.29, 1.82) is 0 Å². The molecule has 0 heterocycles. The van der Waals surface area contributed by atoms with Gasteiger partial charge in [0, 0.05) is 18.8 Å². The third-order valence-corrected chi connectivity index (χ3v) is 3.10. The zero-order valence-electron chi connectivity index (χ0n) is 7.27. The van der Waals surface area contributed by atoms with E-state index in [0.717, 1.165) is 0 Å². The van der Waals surface area contributed by atoms with E-state index in [4.69, 9.17) is 11.6 Å². The fourth-order valence-electron chi connectivity index (χ4n) is 0.690. The summed E-state index contributed by atoms with van der Waals surface area (Å²) < 4.78 is 58.7. The summed E-state index contributed by atoms with van der Waals surface area (Å²) in [5, 5.41) is 0. The first-order valence-electron chi connectivity index (χ1n) is 3.87. The summed E-state index contributed by atoms with van der Waals surface area (Å²) >= 11 is 5.17. The first-order chi connectivity index (χ1) is 6.27. The van der Waals surface area contributed by atoms with Crippen molar-refractivity contribution >= 4 is 21.6 Å². The number of alkyl halides is 4. The van der Waals surface area contributed by atoms with E-state index in [1.807, 2.05) is 4.72 Å². The molecule has 0 aromatic carbocycles. The molecule has 0 amide bonds. The molecule has 0 spiro atoms. The summed E-state index contributed by atoms with van der Waals surface area (Å²) in [6.07, 6.45) is -5.49. The minimum Gasteiger partial charge on any atom is -0.215 e. The molecule has 0 bridgehead atoms. The SMILES string of the molecule is O=S(=O)(CCCl)NCCCC(F)(F)F. The molecular weight excluding hydrogens is 243 g/mol. The Morgan fingerprint density at radius 3 is 2.29 bits per heavy atom. The Bertz CT molecular complexity index is 252. The highest BCUT2D eigenvalue weighted by molar-refractivity contribution is 7.89. The van der Waals surface area contributed by atoms with Crippen LogP contribution in [0.15, 0.2) is 0 Å². The van der Waals surface area contributed by atoms with Crippen molar-refractivity contribution in [3.8, 4) is 0 Å². The van der Waals surface area contributed by atoms with Crippen LogP contribution in [0.1, 0.15) is 12.8 Å². The molecule has 0 atom stereocenters. The fourth-order valence-corrected chi connectivity index (χ4v) is 2.10. The number of rotatable bonds is 6. The Morgan fingerprint density at radius 2 is 1.86 bits per heavy atom. The van der Waals surface area contributed by atoms with Crippen LogP contribution in [0, 0.1) is 0 Å². The first kappa shape index (κ1) is 14.0. The molecule has 0 saturated heterocycles. The van der Waals surface area contributed by atoms with E-state index < -0.39 is 22.6 Å². The van der Waals surface area contributed by atoms with Crippen LogP contribution in [0.2, 0.25) is 0 Å². The molecular formula is C6H11ClF3NO2S. The summed E-state index contributed by atoms with van der Waals surface area (Å²) in [7, 11) is -3.50. The lowest BCUT2D eigenvalue weighted by atomic mass is 10.3. The van der Waals surface area contributed by atoms with Gasteiger partial charge in [0.15, 0.2) is 0 Å². The molecule has 0 aromatic heterocycles. The van der Waals surface area contributed by atoms with Gasteiger partial charge in [-0.1, -0.05) is 0 Å². The monoisotopic (exact) mass is 253 g/mol. The largest absolute Gasteiger partial charge is 0.389 e. The number of sulfonamides is 1. The van der Waals surface area contributed by atoms with Gasteiger partial charge in [0.05, 0.1) is 5.75 Å². The second kappa shape index (κ2) is 5.77. The third-order valence-electron chi connectivity index (χ3n) is 1.30. The van der Waals surface area contributed by atoms with Gasteiger partial charge in [0.25, 0.3) is 0 Å². The Balaban J connectivity index is 3.65. The maximum absolute atomic E-state index is 11.6. The average Bonchev–Trinajstić information content (AvgIpc) is 1.96. The summed E-state index contributed by atoms with van der Waals surface area (Å²) in [6.45, 7) is -0.210. The predicted molar refractivity (Wildman–Crippen MR) is 47.8 cm³/mol. The highest BCUT2D eigenvalue weighted by Gasteiger charge is 2.26. The number of nitrogens with one attached hydrogen (secondary N) is 1. The summed E-state index contributed by atoms with van der Waals surface area (Å²) in [5.74, 6) is -0.352. The van der Waals surface area contributed by atoms with E-state index in [-0.39, 0.29) is 24.6 Å². The van der Waals surface area contributed by atoms with Crippen LogP contribution in [0.4, 0.5) is 13.2 Å². The molecule has 86 valence electrons. The van der Waals surface area contributed by atoms with Crippen LogP contribution in [-0.4, -0.2) is 32.8 Å². The van der Waals surface area contributed by atoms with Gasteiger partial charge >= 0.3 is 6.18 Å². The van der Waals surface area contributed by atoms with Crippen molar-refractivity contribution in [2.45, 2.75) is 19.0 Å². The smallest absolute Gasteiger partial charge is 0.215 e. The highest BCUT2D eigenvalue weighted by Crippen LogP contribution is 2.20. The van der Waals surface area contributed by atoms with Crippen molar-refractivity contribution in [3.63, 3.8) is 0 Å². The topological polar surface area (TPSA) is 46.2 Å². The molecule has 0 aromatic rings. The molecule has 0 radical (unpaired) electrons. The minimum absolute atomic E-state index is 0.0748. The van der Waals surface area contributed by atoms with E-state index in [1.54, 1.807) is 0 Å². The Hall–Kier alpha value is -0.0100. The zero-order chi connectivity index (χ0) is 11.2. The molecule has 0 unspecified atom stereocenters. The van der Waals surface area contributed by atoms with Gasteiger partial charge in [0.1, 0.15) is 0 Å². The van der Waals surface area contributed by atoms with Gasteiger partial charge in [0.2, 0.25) is 10.0 Å². The molecule has 1 N–H and O–H groups in total. The van der Waals surface area contributed by atoms with Crippen LogP contribution in [0.5, 0.6) is 0 Å². The zero-order valence-corrected chi connectivity index (χ0v) is 8.84. The van der Waals surface area contributed by atoms with E-state index in [0.29, 0.717) is 0 Å². The summed E-state index contributed by atoms with van der Waals surface area (Å²) in [4.78, 5) is 0. The van der Waals surface area contributed by atoms with Gasteiger partial charge < -0.3 is 0 Å².